The first-order chi connectivity index (χ1) is 9.47. The van der Waals surface area contributed by atoms with Gasteiger partial charge in [-0.1, -0.05) is 39.1 Å². The predicted molar refractivity (Wildman–Crippen MR) is 86.7 cm³/mol. The van der Waals surface area contributed by atoms with Crippen molar-refractivity contribution in [3.8, 4) is 0 Å². The van der Waals surface area contributed by atoms with E-state index in [1.165, 1.54) is 0 Å². The lowest BCUT2D eigenvalue weighted by atomic mass is 10.3. The van der Waals surface area contributed by atoms with E-state index in [0.29, 0.717) is 15.7 Å². The Kier molecular flexibility index (Phi) is 5.55. The number of carbonyl (C=O) groups excluding carboxylic acids is 1. The molecule has 1 heterocycles. The van der Waals surface area contributed by atoms with Crippen molar-refractivity contribution in [2.24, 2.45) is 0 Å². The van der Waals surface area contributed by atoms with Crippen LogP contribution >= 0.6 is 39.1 Å². The molecule has 1 N–H and O–H groups in total. The topological polar surface area (TPSA) is 35.6 Å². The van der Waals surface area contributed by atoms with E-state index in [0.717, 1.165) is 30.7 Å². The Labute approximate surface area is 137 Å². The van der Waals surface area contributed by atoms with E-state index in [-0.39, 0.29) is 12.5 Å². The van der Waals surface area contributed by atoms with E-state index in [2.05, 4.69) is 33.2 Å². The molecular weight excluding hydrogens is 365 g/mol. The first-order valence-electron chi connectivity index (χ1n) is 6.32. The molecule has 1 aromatic rings. The van der Waals surface area contributed by atoms with Gasteiger partial charge in [-0.05, 0) is 19.2 Å². The molecule has 1 saturated heterocycles. The molecule has 0 aromatic heterocycles. The number of carbonyl (C=O) groups is 1. The molecule has 0 unspecified atom stereocenters. The van der Waals surface area contributed by atoms with E-state index in [4.69, 9.17) is 23.2 Å². The molecule has 1 aliphatic rings. The third-order valence-electron chi connectivity index (χ3n) is 3.28. The van der Waals surface area contributed by atoms with Crippen LogP contribution in [0, 0.1) is 0 Å². The van der Waals surface area contributed by atoms with Crippen molar-refractivity contribution in [1.82, 2.24) is 9.80 Å². The van der Waals surface area contributed by atoms with E-state index >= 15 is 0 Å². The molecule has 1 aliphatic heterocycles. The van der Waals surface area contributed by atoms with Gasteiger partial charge in [0.05, 0.1) is 22.3 Å². The normalized spacial score (nSPS) is 16.3. The Morgan fingerprint density at radius 3 is 2.35 bits per heavy atom. The first-order valence-corrected chi connectivity index (χ1v) is 7.87. The molecule has 2 rings (SSSR count). The zero-order chi connectivity index (χ0) is 14.7. The summed E-state index contributed by atoms with van der Waals surface area (Å²) in [5.41, 5.74) is 0.596. The highest BCUT2D eigenvalue weighted by Crippen LogP contribution is 2.33. The Bertz CT molecular complexity index is 481. The quantitative estimate of drug-likeness (QED) is 0.875. The SMILES string of the molecule is CN1CCN(C(=O)CNc2c(Cl)cc(Br)cc2Cl)CC1. The van der Waals surface area contributed by atoms with Gasteiger partial charge in [0.25, 0.3) is 0 Å². The summed E-state index contributed by atoms with van der Waals surface area (Å²) in [6.07, 6.45) is 0. The number of hydrogen-bond acceptors (Lipinski definition) is 3. The molecule has 0 saturated carbocycles. The molecule has 20 heavy (non-hydrogen) atoms. The number of benzene rings is 1. The van der Waals surface area contributed by atoms with Gasteiger partial charge in [-0.3, -0.25) is 4.79 Å². The number of nitrogens with zero attached hydrogens (tertiary/aromatic N) is 2. The fourth-order valence-electron chi connectivity index (χ4n) is 2.04. The van der Waals surface area contributed by atoms with E-state index in [9.17, 15) is 4.79 Å². The van der Waals surface area contributed by atoms with E-state index in [1.807, 2.05) is 4.90 Å². The Balaban J connectivity index is 1.94. The van der Waals surface area contributed by atoms with Gasteiger partial charge in [-0.25, -0.2) is 0 Å². The first kappa shape index (κ1) is 15.9. The number of anilines is 1. The number of rotatable bonds is 3. The summed E-state index contributed by atoms with van der Waals surface area (Å²) in [7, 11) is 2.06. The predicted octanol–water partition coefficient (Wildman–Crippen LogP) is 2.94. The van der Waals surface area contributed by atoms with Crippen LogP contribution in [0.4, 0.5) is 5.69 Å². The van der Waals surface area contributed by atoms with Gasteiger partial charge in [0.2, 0.25) is 5.91 Å². The minimum Gasteiger partial charge on any atom is -0.374 e. The van der Waals surface area contributed by atoms with Crippen molar-refractivity contribution in [2.75, 3.05) is 45.1 Å². The molecule has 0 aliphatic carbocycles. The maximum atomic E-state index is 12.1. The molecule has 0 bridgehead atoms. The Morgan fingerprint density at radius 2 is 1.80 bits per heavy atom. The van der Waals surface area contributed by atoms with Crippen LogP contribution in [0.2, 0.25) is 10.0 Å². The second-order valence-corrected chi connectivity index (χ2v) is 6.51. The van der Waals surface area contributed by atoms with Crippen LogP contribution in [0.15, 0.2) is 16.6 Å². The largest absolute Gasteiger partial charge is 0.374 e. The minimum absolute atomic E-state index is 0.0631. The number of amides is 1. The third-order valence-corrected chi connectivity index (χ3v) is 4.33. The maximum Gasteiger partial charge on any atom is 0.241 e. The smallest absolute Gasteiger partial charge is 0.241 e. The zero-order valence-electron chi connectivity index (χ0n) is 11.1. The molecule has 4 nitrogen and oxygen atoms in total. The van der Waals surface area contributed by atoms with Gasteiger partial charge >= 0.3 is 0 Å². The summed E-state index contributed by atoms with van der Waals surface area (Å²) in [5, 5.41) is 4.02. The third kappa shape index (κ3) is 4.01. The van der Waals surface area contributed by atoms with Crippen molar-refractivity contribution in [3.63, 3.8) is 0 Å². The summed E-state index contributed by atoms with van der Waals surface area (Å²) in [5.74, 6) is 0.0631. The second kappa shape index (κ2) is 6.98. The lowest BCUT2D eigenvalue weighted by Crippen LogP contribution is -2.48. The summed E-state index contributed by atoms with van der Waals surface area (Å²) >= 11 is 15.5. The van der Waals surface area contributed by atoms with E-state index < -0.39 is 0 Å². The Hall–Kier alpha value is -0.490. The van der Waals surface area contributed by atoms with Crippen LogP contribution in [-0.2, 0) is 4.79 Å². The van der Waals surface area contributed by atoms with Gasteiger partial charge < -0.3 is 15.1 Å². The van der Waals surface area contributed by atoms with Gasteiger partial charge in [0, 0.05) is 30.7 Å². The monoisotopic (exact) mass is 379 g/mol. The number of piperazine rings is 1. The molecule has 1 amide bonds. The summed E-state index contributed by atoms with van der Waals surface area (Å²) in [4.78, 5) is 16.2. The lowest BCUT2D eigenvalue weighted by Gasteiger charge is -2.32. The van der Waals surface area contributed by atoms with Crippen LogP contribution in [0.25, 0.3) is 0 Å². The van der Waals surface area contributed by atoms with Crippen molar-refractivity contribution in [3.05, 3.63) is 26.7 Å². The average Bonchev–Trinajstić information content (AvgIpc) is 2.38. The number of halogens is 3. The summed E-state index contributed by atoms with van der Waals surface area (Å²) in [6, 6.07) is 3.49. The van der Waals surface area contributed by atoms with Crippen molar-refractivity contribution < 1.29 is 4.79 Å². The van der Waals surface area contributed by atoms with Crippen LogP contribution in [-0.4, -0.2) is 55.5 Å². The van der Waals surface area contributed by atoms with Crippen LogP contribution in [0.5, 0.6) is 0 Å². The molecule has 0 atom stereocenters. The van der Waals surface area contributed by atoms with Gasteiger partial charge in [0.1, 0.15) is 0 Å². The standard InChI is InChI=1S/C13H16BrCl2N3O/c1-18-2-4-19(5-3-18)12(20)8-17-13-10(15)6-9(14)7-11(13)16/h6-7,17H,2-5,8H2,1H3. The van der Waals surface area contributed by atoms with Crippen LogP contribution in [0.3, 0.4) is 0 Å². The highest BCUT2D eigenvalue weighted by Gasteiger charge is 2.19. The van der Waals surface area contributed by atoms with Gasteiger partial charge in [0.15, 0.2) is 0 Å². The zero-order valence-corrected chi connectivity index (χ0v) is 14.2. The fraction of sp³-hybridized carbons (Fsp3) is 0.462. The number of hydrogen-bond donors (Lipinski definition) is 1. The highest BCUT2D eigenvalue weighted by molar-refractivity contribution is 9.10. The van der Waals surface area contributed by atoms with Crippen LogP contribution in [0.1, 0.15) is 0 Å². The molecule has 1 fully saturated rings. The van der Waals surface area contributed by atoms with Crippen molar-refractivity contribution in [2.45, 2.75) is 0 Å². The molecule has 0 radical (unpaired) electrons. The minimum atomic E-state index is 0.0631. The highest BCUT2D eigenvalue weighted by atomic mass is 79.9. The molecular formula is C13H16BrCl2N3O. The molecule has 7 heteroatoms. The van der Waals surface area contributed by atoms with Gasteiger partial charge in [-0.15, -0.1) is 0 Å². The maximum absolute atomic E-state index is 12.1. The summed E-state index contributed by atoms with van der Waals surface area (Å²) in [6.45, 7) is 3.54. The fourth-order valence-corrected chi connectivity index (χ4v) is 3.38. The van der Waals surface area contributed by atoms with Gasteiger partial charge in [-0.2, -0.15) is 0 Å². The summed E-state index contributed by atoms with van der Waals surface area (Å²) < 4.78 is 0.809. The molecule has 1 aromatic carbocycles. The van der Waals surface area contributed by atoms with Crippen molar-refractivity contribution >= 4 is 50.7 Å². The molecule has 110 valence electrons. The van der Waals surface area contributed by atoms with Crippen LogP contribution < -0.4 is 5.32 Å². The molecule has 0 spiro atoms. The number of likely N-dealkylation sites (N-methyl/N-ethyl adjacent to an activating group) is 1. The van der Waals surface area contributed by atoms with Crippen molar-refractivity contribution in [1.29, 1.82) is 0 Å². The Morgan fingerprint density at radius 1 is 1.25 bits per heavy atom. The number of nitrogens with one attached hydrogen (secondary N) is 1. The lowest BCUT2D eigenvalue weighted by molar-refractivity contribution is -0.130. The van der Waals surface area contributed by atoms with E-state index in [1.54, 1.807) is 12.1 Å². The average molecular weight is 381 g/mol. The second-order valence-electron chi connectivity index (χ2n) is 4.78.